The molecule has 1 aliphatic rings. The Morgan fingerprint density at radius 1 is 1.41 bits per heavy atom. The molecule has 0 aromatic heterocycles. The first-order chi connectivity index (χ1) is 8.33. The molecule has 1 fully saturated rings. The zero-order chi connectivity index (χ0) is 12.1. The Labute approximate surface area is 107 Å². The highest BCUT2D eigenvalue weighted by Gasteiger charge is 2.19. The number of hydrogen-bond acceptors (Lipinski definition) is 4. The Hall–Kier alpha value is -0.870. The smallest absolute Gasteiger partial charge is 0.119 e. The number of hydrogen-bond donors (Lipinski definition) is 1. The lowest BCUT2D eigenvalue weighted by Gasteiger charge is -2.33. The Morgan fingerprint density at radius 3 is 2.82 bits per heavy atom. The van der Waals surface area contributed by atoms with E-state index in [1.165, 1.54) is 5.69 Å². The molecule has 1 heterocycles. The van der Waals surface area contributed by atoms with Crippen LogP contribution in [0.4, 0.5) is 5.69 Å². The zero-order valence-electron chi connectivity index (χ0n) is 10.3. The normalized spacial score (nSPS) is 20.4. The van der Waals surface area contributed by atoms with Gasteiger partial charge >= 0.3 is 0 Å². The molecule has 2 N–H and O–H groups in total. The third-order valence-electron chi connectivity index (χ3n) is 2.91. The highest BCUT2D eigenvalue weighted by Crippen LogP contribution is 2.25. The second kappa shape index (κ2) is 6.17. The average molecular weight is 252 g/mol. The van der Waals surface area contributed by atoms with Crippen LogP contribution >= 0.6 is 11.8 Å². The maximum Gasteiger partial charge on any atom is 0.119 e. The molecule has 2 rings (SSSR count). The first-order valence-electron chi connectivity index (χ1n) is 6.13. The van der Waals surface area contributed by atoms with Crippen LogP contribution in [-0.2, 0) is 0 Å². The summed E-state index contributed by atoms with van der Waals surface area (Å²) in [6.45, 7) is 5.64. The van der Waals surface area contributed by atoms with Crippen LogP contribution < -0.4 is 15.4 Å². The number of rotatable bonds is 4. The molecule has 0 radical (unpaired) electrons. The van der Waals surface area contributed by atoms with E-state index in [0.717, 1.165) is 37.7 Å². The molecule has 1 aromatic carbocycles. The molecule has 1 aliphatic heterocycles. The molecule has 1 unspecified atom stereocenters. The van der Waals surface area contributed by atoms with E-state index in [2.05, 4.69) is 17.0 Å². The van der Waals surface area contributed by atoms with Crippen molar-refractivity contribution in [3.63, 3.8) is 0 Å². The average Bonchev–Trinajstić information content (AvgIpc) is 2.40. The Balaban J connectivity index is 2.01. The molecule has 1 atom stereocenters. The van der Waals surface area contributed by atoms with Crippen molar-refractivity contribution in [1.29, 1.82) is 0 Å². The van der Waals surface area contributed by atoms with Crippen molar-refractivity contribution in [3.05, 3.63) is 24.3 Å². The summed E-state index contributed by atoms with van der Waals surface area (Å²) in [4.78, 5) is 2.41. The lowest BCUT2D eigenvalue weighted by molar-refractivity contribution is 0.340. The molecule has 0 spiro atoms. The van der Waals surface area contributed by atoms with Crippen molar-refractivity contribution in [2.75, 3.05) is 36.9 Å². The van der Waals surface area contributed by atoms with E-state index >= 15 is 0 Å². The number of anilines is 1. The fourth-order valence-electron chi connectivity index (χ4n) is 2.02. The van der Waals surface area contributed by atoms with Crippen LogP contribution in [0.15, 0.2) is 24.3 Å². The molecule has 94 valence electrons. The fourth-order valence-corrected chi connectivity index (χ4v) is 3.10. The van der Waals surface area contributed by atoms with E-state index in [9.17, 15) is 0 Å². The van der Waals surface area contributed by atoms with E-state index in [1.54, 1.807) is 0 Å². The molecule has 0 aliphatic carbocycles. The molecule has 17 heavy (non-hydrogen) atoms. The zero-order valence-corrected chi connectivity index (χ0v) is 11.1. The predicted octanol–water partition coefficient (Wildman–Crippen LogP) is 1.97. The monoisotopic (exact) mass is 252 g/mol. The highest BCUT2D eigenvalue weighted by atomic mass is 32.2. The van der Waals surface area contributed by atoms with Crippen molar-refractivity contribution < 1.29 is 4.74 Å². The van der Waals surface area contributed by atoms with Crippen molar-refractivity contribution in [2.45, 2.75) is 12.2 Å². The summed E-state index contributed by atoms with van der Waals surface area (Å²) >= 11 is 1.98. The number of nitrogens with zero attached hydrogens (tertiary/aromatic N) is 1. The van der Waals surface area contributed by atoms with Gasteiger partial charge in [0.15, 0.2) is 0 Å². The van der Waals surface area contributed by atoms with Gasteiger partial charge in [-0.05, 0) is 31.2 Å². The van der Waals surface area contributed by atoms with Crippen LogP contribution in [0.3, 0.4) is 0 Å². The number of ether oxygens (including phenoxy) is 1. The van der Waals surface area contributed by atoms with Crippen LogP contribution in [0.2, 0.25) is 0 Å². The number of thioether (sulfide) groups is 1. The Bertz CT molecular complexity index is 342. The molecular weight excluding hydrogens is 232 g/mol. The van der Waals surface area contributed by atoms with Crippen LogP contribution in [0.25, 0.3) is 0 Å². The van der Waals surface area contributed by atoms with Crippen LogP contribution in [-0.4, -0.2) is 37.2 Å². The van der Waals surface area contributed by atoms with Crippen molar-refractivity contribution in [1.82, 2.24) is 0 Å². The van der Waals surface area contributed by atoms with Crippen molar-refractivity contribution in [2.24, 2.45) is 5.73 Å². The van der Waals surface area contributed by atoms with Gasteiger partial charge in [-0.1, -0.05) is 0 Å². The summed E-state index contributed by atoms with van der Waals surface area (Å²) in [5.74, 6) is 2.10. The third-order valence-corrected chi connectivity index (χ3v) is 4.15. The van der Waals surface area contributed by atoms with Crippen molar-refractivity contribution in [3.8, 4) is 5.75 Å². The van der Waals surface area contributed by atoms with E-state index < -0.39 is 0 Å². The molecular formula is C13H20N2OS. The molecule has 4 heteroatoms. The van der Waals surface area contributed by atoms with Gasteiger partial charge in [-0.25, -0.2) is 0 Å². The van der Waals surface area contributed by atoms with Crippen LogP contribution in [0.1, 0.15) is 6.92 Å². The van der Waals surface area contributed by atoms with E-state index in [0.29, 0.717) is 5.25 Å². The molecule has 0 amide bonds. The SMILES string of the molecule is CCOc1ccc(N2CCSC(CN)C2)cc1. The largest absolute Gasteiger partial charge is 0.494 e. The van der Waals surface area contributed by atoms with Gasteiger partial charge in [0.05, 0.1) is 6.61 Å². The number of benzene rings is 1. The Morgan fingerprint density at radius 2 is 2.18 bits per heavy atom. The standard InChI is InChI=1S/C13H20N2OS/c1-2-16-12-5-3-11(4-6-12)15-7-8-17-13(9-14)10-15/h3-6,13H,2,7-10,14H2,1H3. The van der Waals surface area contributed by atoms with Gasteiger partial charge in [-0.15, -0.1) is 0 Å². The first-order valence-corrected chi connectivity index (χ1v) is 7.18. The third kappa shape index (κ3) is 3.30. The van der Waals surface area contributed by atoms with E-state index in [-0.39, 0.29) is 0 Å². The molecule has 3 nitrogen and oxygen atoms in total. The summed E-state index contributed by atoms with van der Waals surface area (Å²) in [6, 6.07) is 8.35. The molecule has 0 saturated carbocycles. The van der Waals surface area contributed by atoms with Gasteiger partial charge in [0.2, 0.25) is 0 Å². The van der Waals surface area contributed by atoms with Crippen LogP contribution in [0, 0.1) is 0 Å². The van der Waals surface area contributed by atoms with Gasteiger partial charge in [0.25, 0.3) is 0 Å². The second-order valence-electron chi connectivity index (χ2n) is 4.10. The minimum absolute atomic E-state index is 0.565. The highest BCUT2D eigenvalue weighted by molar-refractivity contribution is 8.00. The second-order valence-corrected chi connectivity index (χ2v) is 5.51. The van der Waals surface area contributed by atoms with Gasteiger partial charge < -0.3 is 15.4 Å². The summed E-state index contributed by atoms with van der Waals surface area (Å²) < 4.78 is 5.45. The predicted molar refractivity (Wildman–Crippen MR) is 75.1 cm³/mol. The summed E-state index contributed by atoms with van der Waals surface area (Å²) in [5.41, 5.74) is 7.01. The van der Waals surface area contributed by atoms with Gasteiger partial charge in [-0.3, -0.25) is 0 Å². The summed E-state index contributed by atoms with van der Waals surface area (Å²) in [5, 5.41) is 0.565. The first kappa shape index (κ1) is 12.6. The van der Waals surface area contributed by atoms with Crippen molar-refractivity contribution >= 4 is 17.4 Å². The van der Waals surface area contributed by atoms with E-state index in [1.807, 2.05) is 30.8 Å². The fraction of sp³-hybridized carbons (Fsp3) is 0.538. The molecule has 0 bridgehead atoms. The quantitative estimate of drug-likeness (QED) is 0.889. The minimum Gasteiger partial charge on any atom is -0.494 e. The van der Waals surface area contributed by atoms with E-state index in [4.69, 9.17) is 10.5 Å². The maximum absolute atomic E-state index is 5.74. The molecule has 1 aromatic rings. The number of nitrogens with two attached hydrogens (primary N) is 1. The van der Waals surface area contributed by atoms with Crippen LogP contribution in [0.5, 0.6) is 5.75 Å². The lowest BCUT2D eigenvalue weighted by atomic mass is 10.2. The van der Waals surface area contributed by atoms with Gasteiger partial charge in [-0.2, -0.15) is 11.8 Å². The molecule has 1 saturated heterocycles. The Kier molecular flexibility index (Phi) is 4.57. The lowest BCUT2D eigenvalue weighted by Crippen LogP contribution is -2.40. The maximum atomic E-state index is 5.74. The minimum atomic E-state index is 0.565. The van der Waals surface area contributed by atoms with Gasteiger partial charge in [0.1, 0.15) is 5.75 Å². The summed E-state index contributed by atoms with van der Waals surface area (Å²) in [6.07, 6.45) is 0. The van der Waals surface area contributed by atoms with Gasteiger partial charge in [0, 0.05) is 36.3 Å². The topological polar surface area (TPSA) is 38.5 Å². The summed E-state index contributed by atoms with van der Waals surface area (Å²) in [7, 11) is 0.